The van der Waals surface area contributed by atoms with Crippen molar-refractivity contribution in [2.24, 2.45) is 0 Å². The Kier molecular flexibility index (Phi) is 6.41. The van der Waals surface area contributed by atoms with E-state index in [1.807, 2.05) is 24.3 Å². The van der Waals surface area contributed by atoms with Gasteiger partial charge in [-0.2, -0.15) is 0 Å². The van der Waals surface area contributed by atoms with Crippen LogP contribution in [0.5, 0.6) is 5.75 Å². The van der Waals surface area contributed by atoms with Crippen LogP contribution in [0.3, 0.4) is 0 Å². The molecule has 3 aromatic rings. The average molecular weight is 409 g/mol. The molecule has 0 radical (unpaired) electrons. The Morgan fingerprint density at radius 3 is 2.63 bits per heavy atom. The van der Waals surface area contributed by atoms with Crippen molar-refractivity contribution in [3.8, 4) is 11.4 Å². The highest BCUT2D eigenvalue weighted by Gasteiger charge is 2.18. The molecule has 156 valence electrons. The van der Waals surface area contributed by atoms with Crippen LogP contribution in [-0.4, -0.2) is 39.0 Å². The molecule has 2 aromatic carbocycles. The fraction of sp³-hybridized carbons (Fsp3) is 0.286. The van der Waals surface area contributed by atoms with Crippen LogP contribution in [0.25, 0.3) is 5.69 Å². The zero-order chi connectivity index (χ0) is 21.7. The number of nitrogens with zero attached hydrogens (tertiary/aromatic N) is 4. The largest absolute Gasteiger partial charge is 0.492 e. The maximum atomic E-state index is 12.4. The summed E-state index contributed by atoms with van der Waals surface area (Å²) in [5.74, 6) is 0.807. The minimum absolute atomic E-state index is 0.0630. The van der Waals surface area contributed by atoms with Gasteiger partial charge in [0.05, 0.1) is 22.8 Å². The molecule has 0 aliphatic heterocycles. The molecular formula is C21H23N5O4. The SMILES string of the molecule is Cc1c(C(=O)NCCOc2ccc(C(C)C)cc2)nnn1-c1cccc([N+](=O)[O-])c1. The Morgan fingerprint density at radius 1 is 1.23 bits per heavy atom. The predicted octanol–water partition coefficient (Wildman–Crippen LogP) is 3.42. The van der Waals surface area contributed by atoms with Crippen molar-refractivity contribution in [3.05, 3.63) is 75.6 Å². The molecule has 1 heterocycles. The third-order valence-corrected chi connectivity index (χ3v) is 4.60. The summed E-state index contributed by atoms with van der Waals surface area (Å²) in [5, 5.41) is 21.6. The Morgan fingerprint density at radius 2 is 1.97 bits per heavy atom. The number of nitro benzene ring substituents is 1. The number of hydrogen-bond acceptors (Lipinski definition) is 6. The van der Waals surface area contributed by atoms with Gasteiger partial charge >= 0.3 is 0 Å². The van der Waals surface area contributed by atoms with Crippen LogP contribution < -0.4 is 10.1 Å². The summed E-state index contributed by atoms with van der Waals surface area (Å²) in [6.45, 7) is 6.55. The van der Waals surface area contributed by atoms with Crippen LogP contribution in [-0.2, 0) is 0 Å². The molecule has 0 saturated heterocycles. The summed E-state index contributed by atoms with van der Waals surface area (Å²) in [4.78, 5) is 22.9. The average Bonchev–Trinajstić information content (AvgIpc) is 3.13. The standard InChI is InChI=1S/C21H23N5O4/c1-14(2)16-7-9-19(10-8-16)30-12-11-22-21(27)20-15(3)25(24-23-20)17-5-4-6-18(13-17)26(28)29/h4-10,13-14H,11-12H2,1-3H3,(H,22,27). The zero-order valence-electron chi connectivity index (χ0n) is 17.0. The third-order valence-electron chi connectivity index (χ3n) is 4.60. The van der Waals surface area contributed by atoms with E-state index < -0.39 is 4.92 Å². The van der Waals surface area contributed by atoms with Gasteiger partial charge in [-0.3, -0.25) is 14.9 Å². The van der Waals surface area contributed by atoms with E-state index in [2.05, 4.69) is 29.5 Å². The summed E-state index contributed by atoms with van der Waals surface area (Å²) in [6, 6.07) is 13.8. The second kappa shape index (κ2) is 9.17. The lowest BCUT2D eigenvalue weighted by Crippen LogP contribution is -2.29. The Hall–Kier alpha value is -3.75. The fourth-order valence-electron chi connectivity index (χ4n) is 2.89. The van der Waals surface area contributed by atoms with Gasteiger partial charge in [0.25, 0.3) is 11.6 Å². The number of nitro groups is 1. The van der Waals surface area contributed by atoms with Crippen LogP contribution in [0.1, 0.15) is 41.5 Å². The molecule has 0 bridgehead atoms. The molecule has 0 aliphatic carbocycles. The molecule has 1 N–H and O–H groups in total. The van der Waals surface area contributed by atoms with Gasteiger partial charge in [-0.05, 0) is 36.6 Å². The first-order valence-corrected chi connectivity index (χ1v) is 9.55. The molecular weight excluding hydrogens is 386 g/mol. The highest BCUT2D eigenvalue weighted by atomic mass is 16.6. The molecule has 9 nitrogen and oxygen atoms in total. The number of ether oxygens (including phenoxy) is 1. The number of non-ortho nitro benzene ring substituents is 1. The number of benzene rings is 2. The third kappa shape index (κ3) is 4.80. The van der Waals surface area contributed by atoms with Crippen molar-refractivity contribution >= 4 is 11.6 Å². The monoisotopic (exact) mass is 409 g/mol. The van der Waals surface area contributed by atoms with Gasteiger partial charge in [0.15, 0.2) is 5.69 Å². The molecule has 0 unspecified atom stereocenters. The maximum Gasteiger partial charge on any atom is 0.273 e. The van der Waals surface area contributed by atoms with Gasteiger partial charge in [0.2, 0.25) is 0 Å². The normalized spacial score (nSPS) is 10.8. The number of carbonyl (C=O) groups is 1. The quantitative estimate of drug-likeness (QED) is 0.347. The van der Waals surface area contributed by atoms with E-state index in [-0.39, 0.29) is 17.3 Å². The topological polar surface area (TPSA) is 112 Å². The second-order valence-corrected chi connectivity index (χ2v) is 7.04. The fourth-order valence-corrected chi connectivity index (χ4v) is 2.89. The Balaban J connectivity index is 1.57. The van der Waals surface area contributed by atoms with Crippen LogP contribution in [0.4, 0.5) is 5.69 Å². The van der Waals surface area contributed by atoms with Gasteiger partial charge in [-0.15, -0.1) is 5.10 Å². The van der Waals surface area contributed by atoms with Crippen molar-refractivity contribution in [2.45, 2.75) is 26.7 Å². The molecule has 3 rings (SSSR count). The highest BCUT2D eigenvalue weighted by Crippen LogP contribution is 2.19. The Labute approximate surface area is 173 Å². The number of amides is 1. The van der Waals surface area contributed by atoms with Crippen molar-refractivity contribution in [3.63, 3.8) is 0 Å². The highest BCUT2D eigenvalue weighted by molar-refractivity contribution is 5.93. The lowest BCUT2D eigenvalue weighted by atomic mass is 10.0. The number of hydrogen-bond donors (Lipinski definition) is 1. The molecule has 30 heavy (non-hydrogen) atoms. The van der Waals surface area contributed by atoms with Gasteiger partial charge in [0.1, 0.15) is 12.4 Å². The molecule has 0 fully saturated rings. The first-order valence-electron chi connectivity index (χ1n) is 9.55. The summed E-state index contributed by atoms with van der Waals surface area (Å²) in [5.41, 5.74) is 2.27. The Bertz CT molecular complexity index is 1040. The number of rotatable bonds is 8. The van der Waals surface area contributed by atoms with Crippen LogP contribution in [0.15, 0.2) is 48.5 Å². The predicted molar refractivity (Wildman–Crippen MR) is 111 cm³/mol. The van der Waals surface area contributed by atoms with Crippen LogP contribution in [0.2, 0.25) is 0 Å². The zero-order valence-corrected chi connectivity index (χ0v) is 17.0. The first-order chi connectivity index (χ1) is 14.4. The van der Waals surface area contributed by atoms with Gasteiger partial charge in [0, 0.05) is 12.1 Å². The molecule has 0 aliphatic rings. The van der Waals surface area contributed by atoms with E-state index in [9.17, 15) is 14.9 Å². The molecule has 1 aromatic heterocycles. The van der Waals surface area contributed by atoms with E-state index in [0.29, 0.717) is 30.5 Å². The maximum absolute atomic E-state index is 12.4. The van der Waals surface area contributed by atoms with E-state index in [1.54, 1.807) is 19.1 Å². The van der Waals surface area contributed by atoms with E-state index in [4.69, 9.17) is 4.74 Å². The summed E-state index contributed by atoms with van der Waals surface area (Å²) in [6.07, 6.45) is 0. The molecule has 1 amide bonds. The molecule has 0 saturated carbocycles. The van der Waals surface area contributed by atoms with Crippen molar-refractivity contribution < 1.29 is 14.5 Å². The van der Waals surface area contributed by atoms with Crippen molar-refractivity contribution in [1.82, 2.24) is 20.3 Å². The smallest absolute Gasteiger partial charge is 0.273 e. The number of nitrogens with one attached hydrogen (secondary N) is 1. The van der Waals surface area contributed by atoms with E-state index in [0.717, 1.165) is 5.75 Å². The van der Waals surface area contributed by atoms with Crippen molar-refractivity contribution in [2.75, 3.05) is 13.2 Å². The van der Waals surface area contributed by atoms with Gasteiger partial charge in [-0.25, -0.2) is 4.68 Å². The number of carbonyl (C=O) groups excluding carboxylic acids is 1. The molecule has 9 heteroatoms. The summed E-state index contributed by atoms with van der Waals surface area (Å²) < 4.78 is 7.05. The minimum Gasteiger partial charge on any atom is -0.492 e. The van der Waals surface area contributed by atoms with Gasteiger partial charge in [-0.1, -0.05) is 37.3 Å². The van der Waals surface area contributed by atoms with Crippen LogP contribution in [0, 0.1) is 17.0 Å². The first kappa shape index (κ1) is 21.0. The van der Waals surface area contributed by atoms with E-state index in [1.165, 1.54) is 22.4 Å². The lowest BCUT2D eigenvalue weighted by molar-refractivity contribution is -0.384. The summed E-state index contributed by atoms with van der Waals surface area (Å²) >= 11 is 0. The summed E-state index contributed by atoms with van der Waals surface area (Å²) in [7, 11) is 0. The van der Waals surface area contributed by atoms with E-state index >= 15 is 0 Å². The van der Waals surface area contributed by atoms with Crippen molar-refractivity contribution in [1.29, 1.82) is 0 Å². The molecule has 0 atom stereocenters. The van der Waals surface area contributed by atoms with Crippen LogP contribution >= 0.6 is 0 Å². The lowest BCUT2D eigenvalue weighted by Gasteiger charge is -2.09. The minimum atomic E-state index is -0.486. The number of aromatic nitrogens is 3. The van der Waals surface area contributed by atoms with Gasteiger partial charge < -0.3 is 10.1 Å². The molecule has 0 spiro atoms. The second-order valence-electron chi connectivity index (χ2n) is 7.04.